The molecule has 110 valence electrons. The minimum Gasteiger partial charge on any atom is -0.384 e. The van der Waals surface area contributed by atoms with Gasteiger partial charge in [0.15, 0.2) is 0 Å². The third-order valence-corrected chi connectivity index (χ3v) is 3.39. The fourth-order valence-corrected chi connectivity index (χ4v) is 2.13. The molecule has 0 aromatic heterocycles. The van der Waals surface area contributed by atoms with Crippen LogP contribution in [0.4, 0.5) is 10.1 Å². The van der Waals surface area contributed by atoms with Crippen LogP contribution in [-0.2, 0) is 11.2 Å². The van der Waals surface area contributed by atoms with Crippen molar-refractivity contribution in [3.8, 4) is 0 Å². The molecule has 21 heavy (non-hydrogen) atoms. The number of amides is 1. The fourth-order valence-electron chi connectivity index (χ4n) is 1.92. The number of thiol groups is 1. The van der Waals surface area contributed by atoms with Crippen LogP contribution in [0.3, 0.4) is 0 Å². The summed E-state index contributed by atoms with van der Waals surface area (Å²) in [6.07, 6.45) is 0.703. The monoisotopic (exact) mass is 305 g/mol. The molecule has 0 atom stereocenters. The van der Waals surface area contributed by atoms with E-state index in [1.54, 1.807) is 7.11 Å². The molecule has 1 N–H and O–H groups in total. The average Bonchev–Trinajstić information content (AvgIpc) is 2.49. The molecule has 0 heterocycles. The SMILES string of the molecule is COCCc1ccccc1NC(=O)c1ccc(F)c(S)c1. The number of methoxy groups -OCH3 is 1. The van der Waals surface area contributed by atoms with Gasteiger partial charge in [0.1, 0.15) is 5.82 Å². The number of nitrogens with one attached hydrogen (secondary N) is 1. The van der Waals surface area contributed by atoms with E-state index >= 15 is 0 Å². The number of carbonyl (C=O) groups excluding carboxylic acids is 1. The lowest BCUT2D eigenvalue weighted by Crippen LogP contribution is -2.14. The van der Waals surface area contributed by atoms with Gasteiger partial charge in [0.05, 0.1) is 6.61 Å². The lowest BCUT2D eigenvalue weighted by Gasteiger charge is -2.11. The molecule has 0 bridgehead atoms. The highest BCUT2D eigenvalue weighted by molar-refractivity contribution is 7.80. The lowest BCUT2D eigenvalue weighted by molar-refractivity contribution is 0.102. The highest BCUT2D eigenvalue weighted by atomic mass is 32.1. The quantitative estimate of drug-likeness (QED) is 0.829. The summed E-state index contributed by atoms with van der Waals surface area (Å²) < 4.78 is 18.2. The van der Waals surface area contributed by atoms with Gasteiger partial charge < -0.3 is 10.1 Å². The summed E-state index contributed by atoms with van der Waals surface area (Å²) in [5.74, 6) is -0.745. The Morgan fingerprint density at radius 3 is 2.76 bits per heavy atom. The summed E-state index contributed by atoms with van der Waals surface area (Å²) in [5, 5.41) is 2.83. The summed E-state index contributed by atoms with van der Waals surface area (Å²) in [7, 11) is 1.63. The molecular weight excluding hydrogens is 289 g/mol. The molecule has 0 aliphatic rings. The normalized spacial score (nSPS) is 10.4. The molecule has 2 aromatic rings. The number of carbonyl (C=O) groups is 1. The van der Waals surface area contributed by atoms with Crippen LogP contribution in [0, 0.1) is 5.82 Å². The standard InChI is InChI=1S/C16H16FNO2S/c1-20-9-8-11-4-2-3-5-14(11)18-16(19)12-6-7-13(17)15(21)10-12/h2-7,10,21H,8-9H2,1H3,(H,18,19). The van der Waals surface area contributed by atoms with E-state index in [1.165, 1.54) is 18.2 Å². The zero-order valence-electron chi connectivity index (χ0n) is 11.6. The van der Waals surface area contributed by atoms with Gasteiger partial charge in [0, 0.05) is 23.3 Å². The Morgan fingerprint density at radius 1 is 1.29 bits per heavy atom. The van der Waals surface area contributed by atoms with E-state index in [0.717, 1.165) is 11.3 Å². The molecular formula is C16H16FNO2S. The topological polar surface area (TPSA) is 38.3 Å². The van der Waals surface area contributed by atoms with Gasteiger partial charge in [0.2, 0.25) is 0 Å². The molecule has 0 fully saturated rings. The summed E-state index contributed by atoms with van der Waals surface area (Å²) >= 11 is 3.98. The molecule has 0 spiro atoms. The van der Waals surface area contributed by atoms with Gasteiger partial charge in [-0.05, 0) is 36.2 Å². The highest BCUT2D eigenvalue weighted by Gasteiger charge is 2.10. The van der Waals surface area contributed by atoms with Crippen molar-refractivity contribution in [1.29, 1.82) is 0 Å². The number of anilines is 1. The predicted molar refractivity (Wildman–Crippen MR) is 83.6 cm³/mol. The maximum atomic E-state index is 13.2. The lowest BCUT2D eigenvalue weighted by atomic mass is 10.1. The number of hydrogen-bond donors (Lipinski definition) is 2. The van der Waals surface area contributed by atoms with E-state index in [-0.39, 0.29) is 10.8 Å². The maximum Gasteiger partial charge on any atom is 0.255 e. The van der Waals surface area contributed by atoms with E-state index < -0.39 is 5.82 Å². The van der Waals surface area contributed by atoms with Crippen LogP contribution in [0.5, 0.6) is 0 Å². The number of rotatable bonds is 5. The summed E-state index contributed by atoms with van der Waals surface area (Å²) in [4.78, 5) is 12.4. The Hall–Kier alpha value is -1.85. The highest BCUT2D eigenvalue weighted by Crippen LogP contribution is 2.19. The second-order valence-electron chi connectivity index (χ2n) is 4.52. The van der Waals surface area contributed by atoms with E-state index in [1.807, 2.05) is 24.3 Å². The van der Waals surface area contributed by atoms with Crippen molar-refractivity contribution in [2.24, 2.45) is 0 Å². The van der Waals surface area contributed by atoms with Crippen molar-refractivity contribution < 1.29 is 13.9 Å². The molecule has 0 saturated carbocycles. The Labute approximate surface area is 128 Å². The number of ether oxygens (including phenoxy) is 1. The molecule has 0 unspecified atom stereocenters. The predicted octanol–water partition coefficient (Wildman–Crippen LogP) is 3.56. The van der Waals surface area contributed by atoms with Crippen molar-refractivity contribution >= 4 is 24.2 Å². The van der Waals surface area contributed by atoms with Crippen molar-refractivity contribution in [3.05, 3.63) is 59.4 Å². The van der Waals surface area contributed by atoms with Crippen LogP contribution in [-0.4, -0.2) is 19.6 Å². The molecule has 3 nitrogen and oxygen atoms in total. The van der Waals surface area contributed by atoms with Crippen LogP contribution in [0.1, 0.15) is 15.9 Å². The largest absolute Gasteiger partial charge is 0.384 e. The van der Waals surface area contributed by atoms with Gasteiger partial charge in [-0.1, -0.05) is 18.2 Å². The zero-order chi connectivity index (χ0) is 15.2. The van der Waals surface area contributed by atoms with Crippen LogP contribution >= 0.6 is 12.6 Å². The van der Waals surface area contributed by atoms with Crippen molar-refractivity contribution in [1.82, 2.24) is 0 Å². The van der Waals surface area contributed by atoms with Gasteiger partial charge in [0.25, 0.3) is 5.91 Å². The number of benzene rings is 2. The number of hydrogen-bond acceptors (Lipinski definition) is 3. The Bertz CT molecular complexity index is 646. The van der Waals surface area contributed by atoms with Crippen LogP contribution in [0.15, 0.2) is 47.4 Å². The van der Waals surface area contributed by atoms with Crippen LogP contribution < -0.4 is 5.32 Å². The zero-order valence-corrected chi connectivity index (χ0v) is 12.5. The van der Waals surface area contributed by atoms with Crippen molar-refractivity contribution in [3.63, 3.8) is 0 Å². The fraction of sp³-hybridized carbons (Fsp3) is 0.188. The van der Waals surface area contributed by atoms with Gasteiger partial charge in [-0.2, -0.15) is 0 Å². The van der Waals surface area contributed by atoms with Gasteiger partial charge in [-0.25, -0.2) is 4.39 Å². The number of para-hydroxylation sites is 1. The first-order valence-corrected chi connectivity index (χ1v) is 6.93. The second kappa shape index (κ2) is 7.24. The molecule has 0 saturated heterocycles. The Kier molecular flexibility index (Phi) is 5.36. The molecule has 1 amide bonds. The van der Waals surface area contributed by atoms with Gasteiger partial charge in [-0.3, -0.25) is 4.79 Å². The van der Waals surface area contributed by atoms with E-state index in [4.69, 9.17) is 4.74 Å². The number of halogens is 1. The van der Waals surface area contributed by atoms with Gasteiger partial charge in [-0.15, -0.1) is 12.6 Å². The summed E-state index contributed by atoms with van der Waals surface area (Å²) in [6.45, 7) is 0.574. The van der Waals surface area contributed by atoms with Crippen molar-refractivity contribution in [2.75, 3.05) is 19.0 Å². The third-order valence-electron chi connectivity index (χ3n) is 3.05. The average molecular weight is 305 g/mol. The summed E-state index contributed by atoms with van der Waals surface area (Å²) in [6, 6.07) is 11.6. The first-order chi connectivity index (χ1) is 10.1. The van der Waals surface area contributed by atoms with E-state index in [2.05, 4.69) is 17.9 Å². The minimum absolute atomic E-state index is 0.148. The Morgan fingerprint density at radius 2 is 2.05 bits per heavy atom. The second-order valence-corrected chi connectivity index (χ2v) is 5.00. The summed E-state index contributed by atoms with van der Waals surface area (Å²) in [5.41, 5.74) is 2.08. The first-order valence-electron chi connectivity index (χ1n) is 6.48. The molecule has 0 aliphatic carbocycles. The molecule has 2 aromatic carbocycles. The molecule has 0 aliphatic heterocycles. The van der Waals surface area contributed by atoms with Crippen LogP contribution in [0.2, 0.25) is 0 Å². The van der Waals surface area contributed by atoms with Crippen LogP contribution in [0.25, 0.3) is 0 Å². The van der Waals surface area contributed by atoms with E-state index in [9.17, 15) is 9.18 Å². The first kappa shape index (κ1) is 15.5. The molecule has 0 radical (unpaired) electrons. The Balaban J connectivity index is 2.17. The van der Waals surface area contributed by atoms with Gasteiger partial charge >= 0.3 is 0 Å². The molecule has 5 heteroatoms. The minimum atomic E-state index is -0.449. The van der Waals surface area contributed by atoms with Crippen molar-refractivity contribution in [2.45, 2.75) is 11.3 Å². The molecule has 2 rings (SSSR count). The third kappa shape index (κ3) is 4.06. The smallest absolute Gasteiger partial charge is 0.255 e. The van der Waals surface area contributed by atoms with E-state index in [0.29, 0.717) is 18.6 Å². The maximum absolute atomic E-state index is 13.2.